The molecule has 68 valence electrons. The Kier molecular flexibility index (Phi) is 2.18. The smallest absolute Gasteiger partial charge is 0.154 e. The highest BCUT2D eigenvalue weighted by molar-refractivity contribution is 7.89. The van der Waals surface area contributed by atoms with Crippen LogP contribution in [0.2, 0.25) is 0 Å². The molecule has 5 nitrogen and oxygen atoms in total. The molecule has 1 aromatic heterocycles. The molecule has 0 bridgehead atoms. The molecule has 0 saturated carbocycles. The predicted molar refractivity (Wildman–Crippen MR) is 44.3 cm³/mol. The van der Waals surface area contributed by atoms with E-state index in [1.165, 1.54) is 6.26 Å². The minimum absolute atomic E-state index is 0.0513. The van der Waals surface area contributed by atoms with Crippen LogP contribution >= 0.6 is 0 Å². The van der Waals surface area contributed by atoms with Gasteiger partial charge in [-0.15, -0.1) is 10.2 Å². The molecular weight excluding hydrogens is 178 g/mol. The average Bonchev–Trinajstić information content (AvgIpc) is 2.16. The van der Waals surface area contributed by atoms with Crippen molar-refractivity contribution in [3.8, 4) is 0 Å². The zero-order chi connectivity index (χ0) is 9.35. The van der Waals surface area contributed by atoms with Gasteiger partial charge < -0.3 is 4.57 Å². The van der Waals surface area contributed by atoms with Crippen LogP contribution in [-0.2, 0) is 22.6 Å². The Bertz CT molecular complexity index is 379. The minimum atomic E-state index is -3.01. The third-order valence-electron chi connectivity index (χ3n) is 1.57. The van der Waals surface area contributed by atoms with Crippen LogP contribution < -0.4 is 0 Å². The summed E-state index contributed by atoms with van der Waals surface area (Å²) in [6.45, 7) is 1.78. The second kappa shape index (κ2) is 2.85. The van der Waals surface area contributed by atoms with Crippen molar-refractivity contribution in [3.05, 3.63) is 11.6 Å². The molecule has 0 saturated heterocycles. The van der Waals surface area contributed by atoms with Gasteiger partial charge in [-0.25, -0.2) is 8.42 Å². The Morgan fingerprint density at radius 3 is 2.33 bits per heavy atom. The largest absolute Gasteiger partial charge is 0.317 e. The van der Waals surface area contributed by atoms with Crippen molar-refractivity contribution < 1.29 is 8.42 Å². The molecule has 6 heteroatoms. The zero-order valence-electron chi connectivity index (χ0n) is 7.27. The van der Waals surface area contributed by atoms with Crippen molar-refractivity contribution in [2.24, 2.45) is 7.05 Å². The first kappa shape index (κ1) is 9.18. The molecule has 0 aliphatic carbocycles. The van der Waals surface area contributed by atoms with Crippen LogP contribution in [0.1, 0.15) is 11.6 Å². The van der Waals surface area contributed by atoms with Gasteiger partial charge in [0.15, 0.2) is 9.84 Å². The quantitative estimate of drug-likeness (QED) is 0.639. The van der Waals surface area contributed by atoms with E-state index in [0.717, 1.165) is 0 Å². The van der Waals surface area contributed by atoms with Gasteiger partial charge in [-0.05, 0) is 6.92 Å². The number of rotatable bonds is 2. The van der Waals surface area contributed by atoms with Crippen molar-refractivity contribution in [2.45, 2.75) is 12.7 Å². The summed E-state index contributed by atoms with van der Waals surface area (Å²) in [5.74, 6) is 1.15. The monoisotopic (exact) mass is 189 g/mol. The highest BCUT2D eigenvalue weighted by Gasteiger charge is 2.10. The summed E-state index contributed by atoms with van der Waals surface area (Å²) < 4.78 is 23.4. The summed E-state index contributed by atoms with van der Waals surface area (Å²) in [6.07, 6.45) is 1.18. The Morgan fingerprint density at radius 2 is 2.00 bits per heavy atom. The molecule has 1 rings (SSSR count). The molecule has 0 aliphatic rings. The van der Waals surface area contributed by atoms with Crippen LogP contribution in [0.3, 0.4) is 0 Å². The van der Waals surface area contributed by atoms with Gasteiger partial charge in [-0.3, -0.25) is 0 Å². The molecular formula is C6H11N3O2S. The van der Waals surface area contributed by atoms with E-state index in [2.05, 4.69) is 10.2 Å². The van der Waals surface area contributed by atoms with Crippen LogP contribution in [0.4, 0.5) is 0 Å². The Morgan fingerprint density at radius 1 is 1.42 bits per heavy atom. The number of nitrogens with zero attached hydrogens (tertiary/aromatic N) is 3. The minimum Gasteiger partial charge on any atom is -0.317 e. The zero-order valence-corrected chi connectivity index (χ0v) is 8.09. The molecule has 0 amide bonds. The number of aromatic nitrogens is 3. The number of hydrogen-bond acceptors (Lipinski definition) is 4. The van der Waals surface area contributed by atoms with E-state index < -0.39 is 9.84 Å². The van der Waals surface area contributed by atoms with Crippen LogP contribution in [0.5, 0.6) is 0 Å². The van der Waals surface area contributed by atoms with Gasteiger partial charge in [-0.2, -0.15) is 0 Å². The third-order valence-corrected chi connectivity index (χ3v) is 2.36. The van der Waals surface area contributed by atoms with Crippen molar-refractivity contribution in [3.63, 3.8) is 0 Å². The van der Waals surface area contributed by atoms with E-state index in [0.29, 0.717) is 11.6 Å². The lowest BCUT2D eigenvalue weighted by Gasteiger charge is -1.98. The Balaban J connectivity index is 2.99. The highest BCUT2D eigenvalue weighted by atomic mass is 32.2. The third kappa shape index (κ3) is 2.04. The van der Waals surface area contributed by atoms with E-state index in [-0.39, 0.29) is 5.75 Å². The van der Waals surface area contributed by atoms with E-state index in [1.807, 2.05) is 0 Å². The van der Waals surface area contributed by atoms with Crippen molar-refractivity contribution in [1.29, 1.82) is 0 Å². The van der Waals surface area contributed by atoms with Crippen molar-refractivity contribution in [1.82, 2.24) is 14.8 Å². The van der Waals surface area contributed by atoms with Gasteiger partial charge in [0.05, 0.1) is 0 Å². The predicted octanol–water partition coefficient (Wildman–Crippen LogP) is -0.332. The maximum Gasteiger partial charge on any atom is 0.154 e. The number of sulfone groups is 1. The second-order valence-electron chi connectivity index (χ2n) is 2.79. The Hall–Kier alpha value is -0.910. The summed E-state index contributed by atoms with van der Waals surface area (Å²) in [5, 5.41) is 7.48. The molecule has 0 N–H and O–H groups in total. The molecule has 0 fully saturated rings. The van der Waals surface area contributed by atoms with Gasteiger partial charge in [0.2, 0.25) is 0 Å². The highest BCUT2D eigenvalue weighted by Crippen LogP contribution is 2.01. The van der Waals surface area contributed by atoms with Crippen LogP contribution in [-0.4, -0.2) is 29.4 Å². The standard InChI is InChI=1S/C6H11N3O2S/c1-5-7-8-6(9(5)2)4-12(3,10)11/h4H2,1-3H3. The first-order chi connectivity index (χ1) is 5.40. The molecule has 0 atom stereocenters. The summed E-state index contributed by atoms with van der Waals surface area (Å²) in [5.41, 5.74) is 0. The van der Waals surface area contributed by atoms with Gasteiger partial charge in [0, 0.05) is 13.3 Å². The molecule has 0 unspecified atom stereocenters. The molecule has 1 aromatic rings. The maximum absolute atomic E-state index is 10.9. The first-order valence-electron chi connectivity index (χ1n) is 3.43. The lowest BCUT2D eigenvalue weighted by Crippen LogP contribution is -2.07. The van der Waals surface area contributed by atoms with Crippen molar-refractivity contribution >= 4 is 9.84 Å². The van der Waals surface area contributed by atoms with E-state index >= 15 is 0 Å². The summed E-state index contributed by atoms with van der Waals surface area (Å²) in [7, 11) is -1.26. The molecule has 0 aliphatic heterocycles. The van der Waals surface area contributed by atoms with Gasteiger partial charge in [-0.1, -0.05) is 0 Å². The van der Waals surface area contributed by atoms with Crippen LogP contribution in [0.15, 0.2) is 0 Å². The molecule has 0 radical (unpaired) electrons. The maximum atomic E-state index is 10.9. The summed E-state index contributed by atoms with van der Waals surface area (Å²) in [4.78, 5) is 0. The fraction of sp³-hybridized carbons (Fsp3) is 0.667. The van der Waals surface area contributed by atoms with Gasteiger partial charge in [0.1, 0.15) is 17.4 Å². The molecule has 12 heavy (non-hydrogen) atoms. The summed E-state index contributed by atoms with van der Waals surface area (Å²) >= 11 is 0. The SMILES string of the molecule is Cc1nnc(CS(C)(=O)=O)n1C. The van der Waals surface area contributed by atoms with E-state index in [4.69, 9.17) is 0 Å². The van der Waals surface area contributed by atoms with Gasteiger partial charge in [0.25, 0.3) is 0 Å². The fourth-order valence-electron chi connectivity index (χ4n) is 0.811. The molecule has 1 heterocycles. The molecule has 0 spiro atoms. The number of hydrogen-bond donors (Lipinski definition) is 0. The normalized spacial score (nSPS) is 11.9. The van der Waals surface area contributed by atoms with Crippen molar-refractivity contribution in [2.75, 3.05) is 6.26 Å². The topological polar surface area (TPSA) is 64.8 Å². The molecule has 0 aromatic carbocycles. The average molecular weight is 189 g/mol. The van der Waals surface area contributed by atoms with E-state index in [1.54, 1.807) is 18.5 Å². The summed E-state index contributed by atoms with van der Waals surface area (Å²) in [6, 6.07) is 0. The lowest BCUT2D eigenvalue weighted by atomic mass is 10.6. The van der Waals surface area contributed by atoms with Crippen LogP contribution in [0.25, 0.3) is 0 Å². The number of aryl methyl sites for hydroxylation is 1. The fourth-order valence-corrected chi connectivity index (χ4v) is 1.53. The Labute approximate surface area is 71.3 Å². The first-order valence-corrected chi connectivity index (χ1v) is 5.49. The van der Waals surface area contributed by atoms with Crippen LogP contribution in [0, 0.1) is 6.92 Å². The lowest BCUT2D eigenvalue weighted by molar-refractivity contribution is 0.598. The second-order valence-corrected chi connectivity index (χ2v) is 4.93. The van der Waals surface area contributed by atoms with Gasteiger partial charge >= 0.3 is 0 Å². The van der Waals surface area contributed by atoms with E-state index in [9.17, 15) is 8.42 Å².